The van der Waals surface area contributed by atoms with E-state index in [1.165, 1.54) is 25.7 Å². The molecule has 0 aliphatic carbocycles. The average molecular weight is 223 g/mol. The lowest BCUT2D eigenvalue weighted by atomic mass is 10.1. The summed E-state index contributed by atoms with van der Waals surface area (Å²) in [6, 6.07) is 0. The highest BCUT2D eigenvalue weighted by molar-refractivity contribution is 5.94. The molecular formula is C12H21N3O. The van der Waals surface area contributed by atoms with E-state index in [0.29, 0.717) is 12.1 Å². The molecule has 0 fully saturated rings. The third-order valence-corrected chi connectivity index (χ3v) is 2.76. The van der Waals surface area contributed by atoms with Crippen LogP contribution in [0.1, 0.15) is 62.4 Å². The van der Waals surface area contributed by atoms with Gasteiger partial charge >= 0.3 is 0 Å². The number of hydrogen-bond donors (Lipinski definition) is 0. The van der Waals surface area contributed by atoms with E-state index in [1.54, 1.807) is 17.9 Å². The second-order valence-electron chi connectivity index (χ2n) is 4.18. The lowest BCUT2D eigenvalue weighted by Gasteiger charge is -2.01. The molecule has 0 saturated heterocycles. The highest BCUT2D eigenvalue weighted by Gasteiger charge is 2.09. The highest BCUT2D eigenvalue weighted by atomic mass is 16.1. The van der Waals surface area contributed by atoms with Gasteiger partial charge in [-0.25, -0.2) is 4.68 Å². The van der Waals surface area contributed by atoms with E-state index >= 15 is 0 Å². The number of rotatable bonds is 8. The van der Waals surface area contributed by atoms with E-state index in [4.69, 9.17) is 0 Å². The Balaban J connectivity index is 2.14. The maximum Gasteiger partial charge on any atom is 0.182 e. The zero-order chi connectivity index (χ0) is 11.8. The van der Waals surface area contributed by atoms with E-state index in [2.05, 4.69) is 17.2 Å². The van der Waals surface area contributed by atoms with Crippen molar-refractivity contribution in [2.45, 2.75) is 51.9 Å². The number of nitrogens with zero attached hydrogens (tertiary/aromatic N) is 3. The largest absolute Gasteiger partial charge is 0.292 e. The standard InChI is InChI=1S/C12H21N3O/c1-3-4-5-6-7-8-9-12(16)11-10-13-14-15(11)2/h10H,3-9H2,1-2H3. The van der Waals surface area contributed by atoms with Gasteiger partial charge in [-0.05, 0) is 6.42 Å². The van der Waals surface area contributed by atoms with Crippen molar-refractivity contribution >= 4 is 5.78 Å². The Bertz CT molecular complexity index is 320. The molecule has 0 N–H and O–H groups in total. The Morgan fingerprint density at radius 3 is 2.56 bits per heavy atom. The molecule has 1 aromatic rings. The number of Topliss-reactive ketones (excluding diaryl/α,β-unsaturated/α-hetero) is 1. The molecule has 0 aliphatic heterocycles. The summed E-state index contributed by atoms with van der Waals surface area (Å²) in [6.45, 7) is 2.21. The normalized spacial score (nSPS) is 10.6. The minimum absolute atomic E-state index is 0.156. The van der Waals surface area contributed by atoms with E-state index in [-0.39, 0.29) is 5.78 Å². The molecule has 0 radical (unpaired) electrons. The number of hydrogen-bond acceptors (Lipinski definition) is 3. The van der Waals surface area contributed by atoms with E-state index < -0.39 is 0 Å². The van der Waals surface area contributed by atoms with Crippen LogP contribution in [0.2, 0.25) is 0 Å². The molecule has 0 spiro atoms. The summed E-state index contributed by atoms with van der Waals surface area (Å²) in [5.41, 5.74) is 0.619. The maximum absolute atomic E-state index is 11.7. The second-order valence-corrected chi connectivity index (χ2v) is 4.18. The Morgan fingerprint density at radius 1 is 1.25 bits per heavy atom. The molecule has 4 nitrogen and oxygen atoms in total. The van der Waals surface area contributed by atoms with E-state index in [9.17, 15) is 4.79 Å². The number of carbonyl (C=O) groups is 1. The van der Waals surface area contributed by atoms with Crippen molar-refractivity contribution in [1.82, 2.24) is 15.0 Å². The van der Waals surface area contributed by atoms with Crippen LogP contribution in [0.4, 0.5) is 0 Å². The van der Waals surface area contributed by atoms with Crippen molar-refractivity contribution in [2.75, 3.05) is 0 Å². The first kappa shape index (κ1) is 12.9. The van der Waals surface area contributed by atoms with Gasteiger partial charge in [0.1, 0.15) is 5.69 Å². The maximum atomic E-state index is 11.7. The van der Waals surface area contributed by atoms with Crippen molar-refractivity contribution in [3.63, 3.8) is 0 Å². The molecule has 0 unspecified atom stereocenters. The van der Waals surface area contributed by atoms with Crippen LogP contribution in [0, 0.1) is 0 Å². The molecule has 90 valence electrons. The van der Waals surface area contributed by atoms with Gasteiger partial charge in [-0.3, -0.25) is 4.79 Å². The summed E-state index contributed by atoms with van der Waals surface area (Å²) in [7, 11) is 1.75. The van der Waals surface area contributed by atoms with Crippen LogP contribution >= 0.6 is 0 Å². The van der Waals surface area contributed by atoms with Crippen molar-refractivity contribution in [3.05, 3.63) is 11.9 Å². The van der Waals surface area contributed by atoms with Crippen molar-refractivity contribution < 1.29 is 4.79 Å². The second kappa shape index (κ2) is 7.14. The molecule has 0 atom stereocenters. The molecular weight excluding hydrogens is 202 g/mol. The molecule has 0 amide bonds. The molecule has 0 bridgehead atoms. The van der Waals surface area contributed by atoms with Gasteiger partial charge < -0.3 is 0 Å². The molecule has 0 aliphatic rings. The summed E-state index contributed by atoms with van der Waals surface area (Å²) in [4.78, 5) is 11.7. The summed E-state index contributed by atoms with van der Waals surface area (Å²) >= 11 is 0. The Labute approximate surface area is 97.0 Å². The number of ketones is 1. The highest BCUT2D eigenvalue weighted by Crippen LogP contribution is 2.09. The zero-order valence-corrected chi connectivity index (χ0v) is 10.3. The minimum atomic E-state index is 0.156. The molecule has 1 rings (SSSR count). The smallest absolute Gasteiger partial charge is 0.182 e. The van der Waals surface area contributed by atoms with Crippen LogP contribution < -0.4 is 0 Å². The number of aromatic nitrogens is 3. The van der Waals surface area contributed by atoms with E-state index in [1.807, 2.05) is 0 Å². The van der Waals surface area contributed by atoms with Gasteiger partial charge in [0, 0.05) is 13.5 Å². The first-order valence-electron chi connectivity index (χ1n) is 6.13. The van der Waals surface area contributed by atoms with Gasteiger partial charge in [-0.2, -0.15) is 0 Å². The fraction of sp³-hybridized carbons (Fsp3) is 0.750. The number of aryl methyl sites for hydroxylation is 1. The monoisotopic (exact) mass is 223 g/mol. The van der Waals surface area contributed by atoms with Crippen LogP contribution in [0.5, 0.6) is 0 Å². The SMILES string of the molecule is CCCCCCCCC(=O)c1cnnn1C. The quantitative estimate of drug-likeness (QED) is 0.503. The number of unbranched alkanes of at least 4 members (excludes halogenated alkanes) is 5. The van der Waals surface area contributed by atoms with Gasteiger partial charge in [0.25, 0.3) is 0 Å². The fourth-order valence-corrected chi connectivity index (χ4v) is 1.74. The van der Waals surface area contributed by atoms with Gasteiger partial charge in [0.2, 0.25) is 0 Å². The van der Waals surface area contributed by atoms with Gasteiger partial charge in [0.05, 0.1) is 6.20 Å². The molecule has 4 heteroatoms. The first-order chi connectivity index (χ1) is 7.75. The zero-order valence-electron chi connectivity index (χ0n) is 10.3. The lowest BCUT2D eigenvalue weighted by Crippen LogP contribution is -2.06. The number of carbonyl (C=O) groups excluding carboxylic acids is 1. The summed E-state index contributed by atoms with van der Waals surface area (Å²) in [5.74, 6) is 0.156. The van der Waals surface area contributed by atoms with Crippen LogP contribution in [-0.2, 0) is 7.05 Å². The van der Waals surface area contributed by atoms with Crippen LogP contribution in [-0.4, -0.2) is 20.8 Å². The van der Waals surface area contributed by atoms with Gasteiger partial charge in [-0.15, -0.1) is 5.10 Å². The van der Waals surface area contributed by atoms with Gasteiger partial charge in [-0.1, -0.05) is 44.2 Å². The van der Waals surface area contributed by atoms with E-state index in [0.717, 1.165) is 12.8 Å². The predicted octanol–water partition coefficient (Wildman–Crippen LogP) is 2.75. The molecule has 0 saturated carbocycles. The first-order valence-corrected chi connectivity index (χ1v) is 6.13. The summed E-state index contributed by atoms with van der Waals surface area (Å²) in [5, 5.41) is 7.46. The Kier molecular flexibility index (Phi) is 5.75. The summed E-state index contributed by atoms with van der Waals surface area (Å²) < 4.78 is 1.54. The molecule has 0 aromatic carbocycles. The third-order valence-electron chi connectivity index (χ3n) is 2.76. The fourth-order valence-electron chi connectivity index (χ4n) is 1.74. The van der Waals surface area contributed by atoms with Crippen LogP contribution in [0.25, 0.3) is 0 Å². The van der Waals surface area contributed by atoms with Crippen molar-refractivity contribution in [2.24, 2.45) is 7.05 Å². The predicted molar refractivity (Wildman–Crippen MR) is 63.3 cm³/mol. The molecule has 1 aromatic heterocycles. The van der Waals surface area contributed by atoms with Gasteiger partial charge in [0.15, 0.2) is 5.78 Å². The van der Waals surface area contributed by atoms with Crippen molar-refractivity contribution in [1.29, 1.82) is 0 Å². The Morgan fingerprint density at radius 2 is 1.94 bits per heavy atom. The summed E-state index contributed by atoms with van der Waals surface area (Å²) in [6.07, 6.45) is 9.39. The van der Waals surface area contributed by atoms with Crippen molar-refractivity contribution in [3.8, 4) is 0 Å². The topological polar surface area (TPSA) is 47.8 Å². The Hall–Kier alpha value is -1.19. The van der Waals surface area contributed by atoms with Crippen LogP contribution in [0.3, 0.4) is 0 Å². The average Bonchev–Trinajstić information content (AvgIpc) is 2.69. The third kappa shape index (κ3) is 4.13. The lowest BCUT2D eigenvalue weighted by molar-refractivity contribution is 0.0970. The van der Waals surface area contributed by atoms with Crippen LogP contribution in [0.15, 0.2) is 6.20 Å². The molecule has 16 heavy (non-hydrogen) atoms. The minimum Gasteiger partial charge on any atom is -0.292 e. The molecule has 1 heterocycles.